The van der Waals surface area contributed by atoms with Gasteiger partial charge in [-0.25, -0.2) is 9.59 Å². The lowest BCUT2D eigenvalue weighted by Gasteiger charge is -2.11. The SMILES string of the molecule is CCOC(=O)c1c(C)cc2c(c1C)C(=O)OC2O. The summed E-state index contributed by atoms with van der Waals surface area (Å²) in [5.74, 6) is -1.08. The van der Waals surface area contributed by atoms with E-state index in [1.54, 1.807) is 26.8 Å². The Morgan fingerprint density at radius 3 is 2.78 bits per heavy atom. The summed E-state index contributed by atoms with van der Waals surface area (Å²) in [6.07, 6.45) is -1.25. The number of carbonyl (C=O) groups excluding carboxylic acids is 2. The number of aliphatic hydroxyl groups excluding tert-OH is 1. The third kappa shape index (κ3) is 1.76. The number of aliphatic hydroxyl groups is 1. The lowest BCUT2D eigenvalue weighted by atomic mass is 9.94. The van der Waals surface area contributed by atoms with E-state index in [0.29, 0.717) is 22.3 Å². The van der Waals surface area contributed by atoms with Crippen LogP contribution in [0, 0.1) is 13.8 Å². The summed E-state index contributed by atoms with van der Waals surface area (Å²) in [4.78, 5) is 23.4. The predicted molar refractivity (Wildman–Crippen MR) is 62.2 cm³/mol. The molecule has 1 N–H and O–H groups in total. The fourth-order valence-corrected chi connectivity index (χ4v) is 2.22. The van der Waals surface area contributed by atoms with Crippen molar-refractivity contribution in [2.45, 2.75) is 27.1 Å². The van der Waals surface area contributed by atoms with Gasteiger partial charge < -0.3 is 14.6 Å². The molecule has 18 heavy (non-hydrogen) atoms. The van der Waals surface area contributed by atoms with Gasteiger partial charge in [-0.15, -0.1) is 0 Å². The molecule has 5 heteroatoms. The van der Waals surface area contributed by atoms with E-state index in [-0.39, 0.29) is 12.2 Å². The van der Waals surface area contributed by atoms with Crippen LogP contribution in [0.1, 0.15) is 50.6 Å². The Labute approximate surface area is 104 Å². The van der Waals surface area contributed by atoms with Crippen molar-refractivity contribution >= 4 is 11.9 Å². The smallest absolute Gasteiger partial charge is 0.341 e. The Balaban J connectivity index is 2.61. The van der Waals surface area contributed by atoms with Gasteiger partial charge in [0.2, 0.25) is 6.29 Å². The van der Waals surface area contributed by atoms with Gasteiger partial charge in [0.25, 0.3) is 0 Å². The highest BCUT2D eigenvalue weighted by Gasteiger charge is 2.34. The number of rotatable bonds is 2. The quantitative estimate of drug-likeness (QED) is 0.808. The van der Waals surface area contributed by atoms with Crippen LogP contribution in [0.3, 0.4) is 0 Å². The molecule has 1 unspecified atom stereocenters. The minimum Gasteiger partial charge on any atom is -0.462 e. The normalized spacial score (nSPS) is 17.3. The maximum atomic E-state index is 11.8. The second-order valence-electron chi connectivity index (χ2n) is 4.14. The first-order valence-electron chi connectivity index (χ1n) is 5.67. The van der Waals surface area contributed by atoms with Gasteiger partial charge in [0.05, 0.1) is 17.7 Å². The first kappa shape index (κ1) is 12.6. The molecule has 1 heterocycles. The molecule has 0 fully saturated rings. The van der Waals surface area contributed by atoms with Gasteiger partial charge in [-0.05, 0) is 38.0 Å². The van der Waals surface area contributed by atoms with Crippen LogP contribution in [-0.2, 0) is 9.47 Å². The highest BCUT2D eigenvalue weighted by molar-refractivity contribution is 6.01. The molecule has 1 aliphatic rings. The van der Waals surface area contributed by atoms with Crippen molar-refractivity contribution in [2.24, 2.45) is 0 Å². The van der Waals surface area contributed by atoms with Gasteiger partial charge in [0, 0.05) is 5.56 Å². The average Bonchev–Trinajstić information content (AvgIpc) is 2.54. The van der Waals surface area contributed by atoms with E-state index in [2.05, 4.69) is 0 Å². The number of aryl methyl sites for hydroxylation is 1. The molecule has 5 nitrogen and oxygen atoms in total. The Bertz CT molecular complexity index is 533. The van der Waals surface area contributed by atoms with E-state index in [1.165, 1.54) is 0 Å². The zero-order chi connectivity index (χ0) is 13.4. The lowest BCUT2D eigenvalue weighted by molar-refractivity contribution is -0.0548. The summed E-state index contributed by atoms with van der Waals surface area (Å²) in [5, 5.41) is 9.57. The summed E-state index contributed by atoms with van der Waals surface area (Å²) in [5.41, 5.74) is 2.17. The van der Waals surface area contributed by atoms with Crippen LogP contribution < -0.4 is 0 Å². The molecule has 1 aliphatic heterocycles. The molecule has 0 spiro atoms. The topological polar surface area (TPSA) is 72.8 Å². The minimum absolute atomic E-state index is 0.260. The molecule has 2 rings (SSSR count). The second kappa shape index (κ2) is 4.42. The van der Waals surface area contributed by atoms with E-state index >= 15 is 0 Å². The number of hydrogen-bond donors (Lipinski definition) is 1. The summed E-state index contributed by atoms with van der Waals surface area (Å²) >= 11 is 0. The fraction of sp³-hybridized carbons (Fsp3) is 0.385. The number of benzene rings is 1. The molecule has 96 valence electrons. The van der Waals surface area contributed by atoms with Crippen molar-refractivity contribution in [2.75, 3.05) is 6.61 Å². The maximum Gasteiger partial charge on any atom is 0.341 e. The molecule has 0 aromatic heterocycles. The third-order valence-corrected chi connectivity index (χ3v) is 2.97. The average molecular weight is 250 g/mol. The molecule has 0 radical (unpaired) electrons. The highest BCUT2D eigenvalue weighted by atomic mass is 16.6. The summed E-state index contributed by atoms with van der Waals surface area (Å²) < 4.78 is 9.68. The number of fused-ring (bicyclic) bond motifs is 1. The fourth-order valence-electron chi connectivity index (χ4n) is 2.22. The van der Waals surface area contributed by atoms with Gasteiger partial charge in [-0.1, -0.05) is 0 Å². The molecule has 1 atom stereocenters. The van der Waals surface area contributed by atoms with E-state index in [4.69, 9.17) is 9.47 Å². The molecule has 0 bridgehead atoms. The van der Waals surface area contributed by atoms with Crippen molar-refractivity contribution in [3.8, 4) is 0 Å². The van der Waals surface area contributed by atoms with Crippen LogP contribution in [0.5, 0.6) is 0 Å². The standard InChI is InChI=1S/C13H14O5/c1-4-17-12(15)9-6(2)5-8-10(7(9)3)13(16)18-11(8)14/h5,11,14H,4H2,1-3H3. The molecule has 0 saturated heterocycles. The first-order valence-corrected chi connectivity index (χ1v) is 5.67. The van der Waals surface area contributed by atoms with E-state index in [0.717, 1.165) is 0 Å². The van der Waals surface area contributed by atoms with E-state index in [1.807, 2.05) is 0 Å². The van der Waals surface area contributed by atoms with Crippen LogP contribution >= 0.6 is 0 Å². The molecular formula is C13H14O5. The molecule has 0 aliphatic carbocycles. The van der Waals surface area contributed by atoms with Crippen LogP contribution in [0.4, 0.5) is 0 Å². The van der Waals surface area contributed by atoms with Crippen LogP contribution in [0.25, 0.3) is 0 Å². The summed E-state index contributed by atoms with van der Waals surface area (Å²) in [6.45, 7) is 5.36. The zero-order valence-electron chi connectivity index (χ0n) is 10.4. The Morgan fingerprint density at radius 2 is 2.17 bits per heavy atom. The largest absolute Gasteiger partial charge is 0.462 e. The third-order valence-electron chi connectivity index (χ3n) is 2.97. The van der Waals surface area contributed by atoms with Crippen molar-refractivity contribution in [3.05, 3.63) is 33.9 Å². The predicted octanol–water partition coefficient (Wildman–Crippen LogP) is 1.64. The molecule has 1 aromatic rings. The summed E-state index contributed by atoms with van der Waals surface area (Å²) in [6, 6.07) is 1.59. The molecule has 1 aromatic carbocycles. The van der Waals surface area contributed by atoms with Crippen LogP contribution in [-0.4, -0.2) is 23.7 Å². The van der Waals surface area contributed by atoms with E-state index < -0.39 is 18.2 Å². The Hall–Kier alpha value is -1.88. The first-order chi connectivity index (χ1) is 8.47. The second-order valence-corrected chi connectivity index (χ2v) is 4.14. The number of cyclic esters (lactones) is 1. The Morgan fingerprint density at radius 1 is 1.50 bits per heavy atom. The van der Waals surface area contributed by atoms with Gasteiger partial charge in [-0.2, -0.15) is 0 Å². The molecule has 0 amide bonds. The number of ether oxygens (including phenoxy) is 2. The lowest BCUT2D eigenvalue weighted by Crippen LogP contribution is -2.12. The summed E-state index contributed by atoms with van der Waals surface area (Å²) in [7, 11) is 0. The van der Waals surface area contributed by atoms with Crippen molar-refractivity contribution in [1.82, 2.24) is 0 Å². The van der Waals surface area contributed by atoms with Crippen molar-refractivity contribution < 1.29 is 24.2 Å². The van der Waals surface area contributed by atoms with Crippen molar-refractivity contribution in [1.29, 1.82) is 0 Å². The van der Waals surface area contributed by atoms with Crippen molar-refractivity contribution in [3.63, 3.8) is 0 Å². The minimum atomic E-state index is -1.25. The molecular weight excluding hydrogens is 236 g/mol. The van der Waals surface area contributed by atoms with Gasteiger partial charge >= 0.3 is 11.9 Å². The van der Waals surface area contributed by atoms with Gasteiger partial charge in [0.1, 0.15) is 0 Å². The zero-order valence-corrected chi connectivity index (χ0v) is 10.4. The van der Waals surface area contributed by atoms with Gasteiger partial charge in [-0.3, -0.25) is 0 Å². The van der Waals surface area contributed by atoms with Gasteiger partial charge in [0.15, 0.2) is 0 Å². The number of carbonyl (C=O) groups is 2. The maximum absolute atomic E-state index is 11.8. The highest BCUT2D eigenvalue weighted by Crippen LogP contribution is 2.34. The molecule has 0 saturated carbocycles. The number of hydrogen-bond acceptors (Lipinski definition) is 5. The van der Waals surface area contributed by atoms with Crippen LogP contribution in [0.2, 0.25) is 0 Å². The number of esters is 2. The Kier molecular flexibility index (Phi) is 3.09. The van der Waals surface area contributed by atoms with E-state index in [9.17, 15) is 14.7 Å². The monoisotopic (exact) mass is 250 g/mol. The van der Waals surface area contributed by atoms with Crippen LogP contribution in [0.15, 0.2) is 6.07 Å².